The normalized spacial score (nSPS) is 22.4. The van der Waals surface area contributed by atoms with Gasteiger partial charge >= 0.3 is 5.97 Å². The second kappa shape index (κ2) is 10.6. The molecule has 0 amide bonds. The molecule has 0 saturated heterocycles. The van der Waals surface area contributed by atoms with Crippen LogP contribution in [0, 0.1) is 11.7 Å². The molecule has 2 aromatic carbocycles. The number of hydrogen-bond donors (Lipinski definition) is 0. The molecule has 190 valence electrons. The van der Waals surface area contributed by atoms with Crippen LogP contribution >= 0.6 is 0 Å². The number of benzene rings is 2. The van der Waals surface area contributed by atoms with E-state index in [9.17, 15) is 9.59 Å². The Hall–Kier alpha value is -3.48. The lowest BCUT2D eigenvalue weighted by molar-refractivity contribution is -0.151. The van der Waals surface area contributed by atoms with Crippen molar-refractivity contribution in [1.29, 1.82) is 0 Å². The number of esters is 1. The van der Waals surface area contributed by atoms with Crippen LogP contribution in [0.3, 0.4) is 0 Å². The molecule has 2 aliphatic rings. The topological polar surface area (TPSA) is 74.2 Å². The number of Topliss-reactive ketones (excluding diaryl/α,β-unsaturated/α-hetero) is 1. The van der Waals surface area contributed by atoms with E-state index in [1.807, 2.05) is 32.0 Å². The summed E-state index contributed by atoms with van der Waals surface area (Å²) >= 11 is 0. The van der Waals surface area contributed by atoms with E-state index in [0.717, 1.165) is 5.56 Å². The van der Waals surface area contributed by atoms with Crippen molar-refractivity contribution in [2.75, 3.05) is 14.2 Å². The molecule has 1 aliphatic carbocycles. The zero-order chi connectivity index (χ0) is 26.0. The minimum Gasteiger partial charge on any atom is -0.493 e. The molecule has 4 rings (SSSR count). The van der Waals surface area contributed by atoms with E-state index >= 15 is 4.39 Å². The fourth-order valence-corrected chi connectivity index (χ4v) is 5.13. The molecule has 0 bridgehead atoms. The maximum atomic E-state index is 15.1. The van der Waals surface area contributed by atoms with E-state index in [2.05, 4.69) is 0 Å². The first-order valence-electron chi connectivity index (χ1n) is 12.3. The molecular weight excluding hydrogens is 461 g/mol. The van der Waals surface area contributed by atoms with Crippen molar-refractivity contribution in [1.82, 2.24) is 0 Å². The number of methoxy groups -OCH3 is 2. The van der Waals surface area contributed by atoms with Crippen LogP contribution in [0.1, 0.15) is 63.0 Å². The van der Waals surface area contributed by atoms with Gasteiger partial charge in [0.25, 0.3) is 0 Å². The second-order valence-electron chi connectivity index (χ2n) is 9.39. The summed E-state index contributed by atoms with van der Waals surface area (Å²) < 4.78 is 31.5. The summed E-state index contributed by atoms with van der Waals surface area (Å²) in [6.45, 7) is 5.49. The molecule has 1 heterocycles. The highest BCUT2D eigenvalue weighted by Crippen LogP contribution is 2.48. The van der Waals surface area contributed by atoms with Crippen molar-refractivity contribution >= 4 is 17.5 Å². The van der Waals surface area contributed by atoms with Gasteiger partial charge in [0.15, 0.2) is 17.3 Å². The number of allylic oxidation sites excluding steroid dienone is 2. The number of ether oxygens (including phenoxy) is 3. The lowest BCUT2D eigenvalue weighted by Crippen LogP contribution is -2.39. The Balaban J connectivity index is 1.78. The van der Waals surface area contributed by atoms with Gasteiger partial charge in [-0.05, 0) is 61.9 Å². The Kier molecular flexibility index (Phi) is 7.57. The van der Waals surface area contributed by atoms with Crippen LogP contribution in [0.15, 0.2) is 58.7 Å². The van der Waals surface area contributed by atoms with E-state index in [4.69, 9.17) is 19.2 Å². The van der Waals surface area contributed by atoms with Crippen LogP contribution in [0.5, 0.6) is 11.5 Å². The molecule has 1 unspecified atom stereocenters. The van der Waals surface area contributed by atoms with Crippen molar-refractivity contribution < 1.29 is 28.2 Å². The van der Waals surface area contributed by atoms with E-state index < -0.39 is 23.6 Å². The molecule has 0 fully saturated rings. The molecule has 0 radical (unpaired) electrons. The van der Waals surface area contributed by atoms with Gasteiger partial charge in [0.1, 0.15) is 11.7 Å². The number of rotatable bonds is 7. The van der Waals surface area contributed by atoms with Crippen LogP contribution in [-0.2, 0) is 14.3 Å². The molecule has 7 heteroatoms. The van der Waals surface area contributed by atoms with Gasteiger partial charge in [0.05, 0.1) is 20.3 Å². The highest BCUT2D eigenvalue weighted by atomic mass is 19.1. The van der Waals surface area contributed by atoms with Crippen molar-refractivity contribution in [2.45, 2.75) is 58.0 Å². The minimum absolute atomic E-state index is 0.127. The molecular formula is C29H32FNO5. The first-order chi connectivity index (χ1) is 17.3. The molecule has 2 aromatic rings. The second-order valence-corrected chi connectivity index (χ2v) is 9.39. The predicted octanol–water partition coefficient (Wildman–Crippen LogP) is 5.76. The lowest BCUT2D eigenvalue weighted by atomic mass is 9.69. The molecule has 6 nitrogen and oxygen atoms in total. The van der Waals surface area contributed by atoms with E-state index in [1.54, 1.807) is 39.3 Å². The maximum Gasteiger partial charge on any atom is 0.315 e. The van der Waals surface area contributed by atoms with Crippen LogP contribution in [0.4, 0.5) is 4.39 Å². The van der Waals surface area contributed by atoms with Gasteiger partial charge in [-0.2, -0.15) is 0 Å². The number of hydrogen-bond acceptors (Lipinski definition) is 6. The van der Waals surface area contributed by atoms with Crippen LogP contribution in [0.25, 0.3) is 0 Å². The van der Waals surface area contributed by atoms with E-state index in [1.165, 1.54) is 6.07 Å². The number of halogens is 1. The highest BCUT2D eigenvalue weighted by Gasteiger charge is 2.45. The maximum absolute atomic E-state index is 15.1. The Morgan fingerprint density at radius 2 is 1.83 bits per heavy atom. The summed E-state index contributed by atoms with van der Waals surface area (Å²) in [5.74, 6) is -1.66. The van der Waals surface area contributed by atoms with E-state index in [0.29, 0.717) is 46.9 Å². The average molecular weight is 494 g/mol. The van der Waals surface area contributed by atoms with Gasteiger partial charge in [-0.25, -0.2) is 4.39 Å². The molecule has 0 aromatic heterocycles. The first kappa shape index (κ1) is 25.6. The molecule has 36 heavy (non-hydrogen) atoms. The standard InChI is InChI=1S/C29H32FNO5/c1-6-16(2)36-29(33)26-17(3)31-22-13-19(18-11-12-24(34-4)25(15-18)35-5)14-23(32)28(22)27(26)20-9-7-8-10-21(20)30/h7-12,15-16,19,26-27H,6,13-14H2,1-5H3/t16-,19-,26?,27-/m1/s1. The van der Waals surface area contributed by atoms with Gasteiger partial charge < -0.3 is 14.2 Å². The number of ketones is 1. The first-order valence-corrected chi connectivity index (χ1v) is 12.3. The SMILES string of the molecule is CC[C@@H](C)OC(=O)C1C(C)=NC2=C(C(=O)C[C@H](c3ccc(OC)c(OC)c3)C2)[C@@H]1c1ccccc1F. The number of carbonyl (C=O) groups is 2. The summed E-state index contributed by atoms with van der Waals surface area (Å²) in [5, 5.41) is 0. The van der Waals surface area contributed by atoms with Crippen molar-refractivity contribution in [3.63, 3.8) is 0 Å². The van der Waals surface area contributed by atoms with Crippen LogP contribution in [-0.4, -0.2) is 37.8 Å². The predicted molar refractivity (Wildman–Crippen MR) is 135 cm³/mol. The smallest absolute Gasteiger partial charge is 0.315 e. The molecule has 1 aliphatic heterocycles. The Labute approximate surface area is 211 Å². The van der Waals surface area contributed by atoms with Gasteiger partial charge in [-0.3, -0.25) is 14.6 Å². The lowest BCUT2D eigenvalue weighted by Gasteiger charge is -2.37. The van der Waals surface area contributed by atoms with Gasteiger partial charge in [0, 0.05) is 29.3 Å². The Morgan fingerprint density at radius 1 is 1.11 bits per heavy atom. The Bertz CT molecular complexity index is 1230. The average Bonchev–Trinajstić information content (AvgIpc) is 2.87. The third-order valence-corrected chi connectivity index (χ3v) is 7.15. The van der Waals surface area contributed by atoms with Crippen molar-refractivity contribution in [3.05, 3.63) is 70.7 Å². The fraction of sp³-hybridized carbons (Fsp3) is 0.414. The fourth-order valence-electron chi connectivity index (χ4n) is 5.13. The number of carbonyl (C=O) groups excluding carboxylic acids is 2. The molecule has 0 spiro atoms. The van der Waals surface area contributed by atoms with Crippen LogP contribution < -0.4 is 9.47 Å². The number of nitrogens with zero attached hydrogens (tertiary/aromatic N) is 1. The quantitative estimate of drug-likeness (QED) is 0.459. The zero-order valence-electron chi connectivity index (χ0n) is 21.3. The number of aliphatic imine (C=N–C) groups is 1. The Morgan fingerprint density at radius 3 is 2.50 bits per heavy atom. The molecule has 0 saturated carbocycles. The summed E-state index contributed by atoms with van der Waals surface area (Å²) in [7, 11) is 3.14. The largest absolute Gasteiger partial charge is 0.493 e. The van der Waals surface area contributed by atoms with Crippen molar-refractivity contribution in [2.24, 2.45) is 10.9 Å². The monoisotopic (exact) mass is 493 g/mol. The van der Waals surface area contributed by atoms with Crippen LogP contribution in [0.2, 0.25) is 0 Å². The van der Waals surface area contributed by atoms with Gasteiger partial charge in [-0.15, -0.1) is 0 Å². The molecule has 0 N–H and O–H groups in total. The highest BCUT2D eigenvalue weighted by molar-refractivity contribution is 6.09. The molecule has 4 atom stereocenters. The summed E-state index contributed by atoms with van der Waals surface area (Å²) in [6, 6.07) is 11.9. The van der Waals surface area contributed by atoms with Crippen molar-refractivity contribution in [3.8, 4) is 11.5 Å². The minimum atomic E-state index is -0.865. The van der Waals surface area contributed by atoms with Gasteiger partial charge in [0.2, 0.25) is 0 Å². The zero-order valence-corrected chi connectivity index (χ0v) is 21.3. The summed E-state index contributed by atoms with van der Waals surface area (Å²) in [4.78, 5) is 31.7. The third-order valence-electron chi connectivity index (χ3n) is 7.15. The summed E-state index contributed by atoms with van der Waals surface area (Å²) in [5.41, 5.74) is 2.78. The van der Waals surface area contributed by atoms with Gasteiger partial charge in [-0.1, -0.05) is 31.2 Å². The summed E-state index contributed by atoms with van der Waals surface area (Å²) in [6.07, 6.45) is 1.07. The van der Waals surface area contributed by atoms with E-state index in [-0.39, 0.29) is 24.2 Å². The third kappa shape index (κ3) is 4.79.